The van der Waals surface area contributed by atoms with Crippen molar-refractivity contribution in [2.75, 3.05) is 13.2 Å². The van der Waals surface area contributed by atoms with Crippen molar-refractivity contribution in [1.82, 2.24) is 0 Å². The van der Waals surface area contributed by atoms with Crippen LogP contribution in [0.15, 0.2) is 0 Å². The Morgan fingerprint density at radius 2 is 1.36 bits per heavy atom. The zero-order chi connectivity index (χ0) is 10.3. The molecule has 1 saturated heterocycles. The van der Waals surface area contributed by atoms with E-state index in [1.807, 2.05) is 0 Å². The first kappa shape index (κ1) is 12.2. The molecule has 0 saturated carbocycles. The number of hydrogen-bond donors (Lipinski definition) is 0. The molecule has 0 bridgehead atoms. The second-order valence-corrected chi connectivity index (χ2v) is 7.57. The van der Waals surface area contributed by atoms with Crippen LogP contribution in [-0.2, 0) is 8.85 Å². The molecule has 0 radical (unpaired) electrons. The van der Waals surface area contributed by atoms with Crippen molar-refractivity contribution in [1.29, 1.82) is 0 Å². The minimum Gasteiger partial charge on any atom is -0.394 e. The molecule has 0 amide bonds. The minimum atomic E-state index is -1.72. The fraction of sp³-hybridized carbons (Fsp3) is 1.00. The first-order chi connectivity index (χ1) is 6.83. The van der Waals surface area contributed by atoms with Gasteiger partial charge in [-0.05, 0) is 24.9 Å². The van der Waals surface area contributed by atoms with Gasteiger partial charge in [-0.25, -0.2) is 0 Å². The van der Waals surface area contributed by atoms with E-state index in [0.29, 0.717) is 0 Å². The van der Waals surface area contributed by atoms with Gasteiger partial charge in [0.25, 0.3) is 0 Å². The van der Waals surface area contributed by atoms with Crippen molar-refractivity contribution in [3.05, 3.63) is 0 Å². The van der Waals surface area contributed by atoms with Gasteiger partial charge < -0.3 is 8.85 Å². The van der Waals surface area contributed by atoms with Crippen molar-refractivity contribution in [2.45, 2.75) is 58.0 Å². The molecule has 3 heteroatoms. The molecule has 1 heterocycles. The Kier molecular flexibility index (Phi) is 5.75. The van der Waals surface area contributed by atoms with E-state index in [0.717, 1.165) is 26.1 Å². The Morgan fingerprint density at radius 1 is 0.857 bits per heavy atom. The largest absolute Gasteiger partial charge is 0.394 e. The van der Waals surface area contributed by atoms with E-state index < -0.39 is 8.56 Å². The van der Waals surface area contributed by atoms with Gasteiger partial charge in [0, 0.05) is 13.2 Å². The Morgan fingerprint density at radius 3 is 1.79 bits per heavy atom. The van der Waals surface area contributed by atoms with Crippen molar-refractivity contribution in [2.24, 2.45) is 0 Å². The van der Waals surface area contributed by atoms with E-state index in [2.05, 4.69) is 13.8 Å². The van der Waals surface area contributed by atoms with Crippen LogP contribution in [0, 0.1) is 0 Å². The summed E-state index contributed by atoms with van der Waals surface area (Å²) in [6.07, 6.45) is 6.24. The van der Waals surface area contributed by atoms with Gasteiger partial charge in [0.05, 0.1) is 0 Å². The molecule has 0 spiro atoms. The fourth-order valence-corrected chi connectivity index (χ4v) is 5.64. The summed E-state index contributed by atoms with van der Waals surface area (Å²) >= 11 is 0. The minimum absolute atomic E-state index is 0.899. The van der Waals surface area contributed by atoms with E-state index in [1.165, 1.54) is 31.4 Å². The Bertz CT molecular complexity index is 134. The molecule has 1 rings (SSSR count). The average molecular weight is 216 g/mol. The van der Waals surface area contributed by atoms with Crippen LogP contribution in [0.25, 0.3) is 0 Å². The van der Waals surface area contributed by atoms with Gasteiger partial charge in [-0.2, -0.15) is 0 Å². The summed E-state index contributed by atoms with van der Waals surface area (Å²) in [4.78, 5) is 0. The van der Waals surface area contributed by atoms with Gasteiger partial charge in [-0.3, -0.25) is 0 Å². The molecular formula is C11H24O2Si. The fourth-order valence-electron chi connectivity index (χ4n) is 2.00. The standard InChI is InChI=1S/C11H24O2Si/c1-3-8-12-14(13-9-4-2)10-6-5-7-11-14/h3-11H2,1-2H3. The second-order valence-electron chi connectivity index (χ2n) is 4.17. The first-order valence-corrected chi connectivity index (χ1v) is 8.34. The lowest BCUT2D eigenvalue weighted by Crippen LogP contribution is -2.44. The molecule has 0 aromatic carbocycles. The Balaban J connectivity index is 2.39. The molecule has 0 aromatic heterocycles. The van der Waals surface area contributed by atoms with E-state index in [4.69, 9.17) is 8.85 Å². The molecule has 0 aliphatic carbocycles. The molecule has 84 valence electrons. The highest BCUT2D eigenvalue weighted by atomic mass is 28.4. The van der Waals surface area contributed by atoms with Crippen molar-refractivity contribution < 1.29 is 8.85 Å². The molecule has 2 nitrogen and oxygen atoms in total. The molecule has 0 unspecified atom stereocenters. The third-order valence-electron chi connectivity index (χ3n) is 2.75. The first-order valence-electron chi connectivity index (χ1n) is 6.11. The SMILES string of the molecule is CCCO[Si]1(OCCC)CCCCC1. The van der Waals surface area contributed by atoms with E-state index in [-0.39, 0.29) is 0 Å². The van der Waals surface area contributed by atoms with E-state index >= 15 is 0 Å². The van der Waals surface area contributed by atoms with Gasteiger partial charge in [0.1, 0.15) is 0 Å². The third kappa shape index (κ3) is 3.71. The Labute approximate surface area is 89.2 Å². The van der Waals surface area contributed by atoms with Crippen LogP contribution in [0.2, 0.25) is 12.1 Å². The van der Waals surface area contributed by atoms with Gasteiger partial charge in [0.15, 0.2) is 0 Å². The highest BCUT2D eigenvalue weighted by molar-refractivity contribution is 6.67. The topological polar surface area (TPSA) is 18.5 Å². The van der Waals surface area contributed by atoms with Crippen molar-refractivity contribution in [3.8, 4) is 0 Å². The average Bonchev–Trinajstić information content (AvgIpc) is 2.25. The maximum absolute atomic E-state index is 6.04. The third-order valence-corrected chi connectivity index (χ3v) is 6.44. The summed E-state index contributed by atoms with van der Waals surface area (Å²) < 4.78 is 12.1. The van der Waals surface area contributed by atoms with Gasteiger partial charge >= 0.3 is 8.56 Å². The van der Waals surface area contributed by atoms with Crippen LogP contribution in [0.4, 0.5) is 0 Å². The zero-order valence-corrected chi connectivity index (χ0v) is 10.7. The molecule has 1 fully saturated rings. The highest BCUT2D eigenvalue weighted by Gasteiger charge is 2.38. The lowest BCUT2D eigenvalue weighted by Gasteiger charge is -2.33. The summed E-state index contributed by atoms with van der Waals surface area (Å²) in [5, 5.41) is 0. The zero-order valence-electron chi connectivity index (χ0n) is 9.68. The van der Waals surface area contributed by atoms with Gasteiger partial charge in [-0.15, -0.1) is 0 Å². The van der Waals surface area contributed by atoms with Crippen LogP contribution >= 0.6 is 0 Å². The van der Waals surface area contributed by atoms with Gasteiger partial charge in [-0.1, -0.05) is 33.1 Å². The molecule has 0 aromatic rings. The summed E-state index contributed by atoms with van der Waals surface area (Å²) in [7, 11) is -1.72. The van der Waals surface area contributed by atoms with Crippen LogP contribution in [0.5, 0.6) is 0 Å². The predicted molar refractivity (Wildman–Crippen MR) is 61.7 cm³/mol. The monoisotopic (exact) mass is 216 g/mol. The van der Waals surface area contributed by atoms with Crippen LogP contribution in [0.1, 0.15) is 46.0 Å². The van der Waals surface area contributed by atoms with Crippen molar-refractivity contribution in [3.63, 3.8) is 0 Å². The quantitative estimate of drug-likeness (QED) is 0.633. The molecule has 0 atom stereocenters. The predicted octanol–water partition coefficient (Wildman–Crippen LogP) is 3.47. The molecule has 14 heavy (non-hydrogen) atoms. The maximum atomic E-state index is 6.04. The van der Waals surface area contributed by atoms with Crippen LogP contribution in [-0.4, -0.2) is 21.8 Å². The van der Waals surface area contributed by atoms with Crippen LogP contribution < -0.4 is 0 Å². The summed E-state index contributed by atoms with van der Waals surface area (Å²) in [6, 6.07) is 2.46. The molecular weight excluding hydrogens is 192 g/mol. The lowest BCUT2D eigenvalue weighted by atomic mass is 10.3. The molecule has 1 aliphatic rings. The van der Waals surface area contributed by atoms with E-state index in [9.17, 15) is 0 Å². The molecule has 0 N–H and O–H groups in total. The second kappa shape index (κ2) is 6.59. The van der Waals surface area contributed by atoms with Crippen LogP contribution in [0.3, 0.4) is 0 Å². The highest BCUT2D eigenvalue weighted by Crippen LogP contribution is 2.30. The smallest absolute Gasteiger partial charge is 0.338 e. The normalized spacial score (nSPS) is 21.0. The van der Waals surface area contributed by atoms with Gasteiger partial charge in [0.2, 0.25) is 0 Å². The maximum Gasteiger partial charge on any atom is 0.338 e. The molecule has 1 aliphatic heterocycles. The number of hydrogen-bond acceptors (Lipinski definition) is 2. The van der Waals surface area contributed by atoms with Crippen molar-refractivity contribution >= 4 is 8.56 Å². The summed E-state index contributed by atoms with van der Waals surface area (Å²) in [5.74, 6) is 0. The lowest BCUT2D eigenvalue weighted by molar-refractivity contribution is 0.161. The van der Waals surface area contributed by atoms with E-state index in [1.54, 1.807) is 0 Å². The number of rotatable bonds is 6. The summed E-state index contributed by atoms with van der Waals surface area (Å²) in [6.45, 7) is 6.14. The Hall–Kier alpha value is 0.137. The summed E-state index contributed by atoms with van der Waals surface area (Å²) in [5.41, 5.74) is 0.